The second kappa shape index (κ2) is 8.52. The van der Waals surface area contributed by atoms with Crippen LogP contribution < -0.4 is 10.1 Å². The molecule has 164 valence electrons. The normalized spacial score (nSPS) is 17.2. The van der Waals surface area contributed by atoms with Crippen molar-refractivity contribution in [2.45, 2.75) is 25.1 Å². The Labute approximate surface area is 181 Å². The molecule has 0 aliphatic carbocycles. The maximum Gasteiger partial charge on any atom is 0.157 e. The van der Waals surface area contributed by atoms with Crippen LogP contribution in [0.5, 0.6) is 28.7 Å². The molecular weight excluding hydrogens is 418 g/mol. The first kappa shape index (κ1) is 21.1. The lowest BCUT2D eigenvalue weighted by Crippen LogP contribution is -2.41. The highest BCUT2D eigenvalue weighted by Gasteiger charge is 2.33. The summed E-state index contributed by atoms with van der Waals surface area (Å²) in [6.07, 6.45) is -0.341. The molecule has 10 nitrogen and oxygen atoms in total. The van der Waals surface area contributed by atoms with E-state index in [0.717, 1.165) is 0 Å². The third kappa shape index (κ3) is 4.03. The van der Waals surface area contributed by atoms with Gasteiger partial charge in [0.2, 0.25) is 0 Å². The number of ether oxygens (including phenoxy) is 1. The smallest absolute Gasteiger partial charge is 0.157 e. The molecule has 2 atom stereocenters. The van der Waals surface area contributed by atoms with Crippen molar-refractivity contribution in [3.63, 3.8) is 0 Å². The van der Waals surface area contributed by atoms with Gasteiger partial charge in [0.25, 0.3) is 0 Å². The number of hydrogen-bond donors (Lipinski definition) is 5. The molecule has 0 saturated carbocycles. The number of fused-ring (bicyclic) bond motifs is 1. The summed E-state index contributed by atoms with van der Waals surface area (Å²) in [6.45, 7) is 0.283. The summed E-state index contributed by atoms with van der Waals surface area (Å²) in [4.78, 5) is 21.6. The summed E-state index contributed by atoms with van der Waals surface area (Å²) in [5.41, 5.74) is 1.66. The first-order valence-electron chi connectivity index (χ1n) is 9.66. The lowest BCUT2D eigenvalue weighted by molar-refractivity contribution is 0.131. The van der Waals surface area contributed by atoms with Crippen molar-refractivity contribution in [1.82, 2.24) is 5.32 Å². The van der Waals surface area contributed by atoms with Gasteiger partial charge in [-0.1, -0.05) is 12.1 Å². The fourth-order valence-electron chi connectivity index (χ4n) is 3.73. The van der Waals surface area contributed by atoms with E-state index in [9.17, 15) is 30.2 Å². The molecule has 0 spiro atoms. The van der Waals surface area contributed by atoms with Crippen LogP contribution >= 0.6 is 0 Å². The zero-order valence-electron chi connectivity index (χ0n) is 16.6. The first-order chi connectivity index (χ1) is 15.4. The minimum Gasteiger partial charge on any atom is -0.507 e. The molecule has 0 fully saturated rings. The highest BCUT2D eigenvalue weighted by molar-refractivity contribution is 5.57. The Balaban J connectivity index is 1.66. The average molecular weight is 437 g/mol. The molecule has 5 N–H and O–H groups in total. The minimum atomic E-state index is -0.653. The summed E-state index contributed by atoms with van der Waals surface area (Å²) < 4.78 is 6.08. The van der Waals surface area contributed by atoms with Crippen LogP contribution in [-0.2, 0) is 13.0 Å². The molecule has 0 aromatic heterocycles. The first-order valence-corrected chi connectivity index (χ1v) is 9.66. The lowest BCUT2D eigenvalue weighted by Gasteiger charge is -2.35. The van der Waals surface area contributed by atoms with E-state index >= 15 is 0 Å². The van der Waals surface area contributed by atoms with Crippen molar-refractivity contribution in [3.8, 4) is 28.7 Å². The number of rotatable bonds is 6. The number of benzene rings is 3. The van der Waals surface area contributed by atoms with E-state index in [1.807, 2.05) is 0 Å². The standard InChI is InChI=1S/C22H19N3O7/c26-17-4-2-12(6-20(17)29)22-16(23-10-11-1-3-15(25-31)19(28)5-11)9-14-18(27)7-13(24-30)8-21(14)32-22/h1-8,16,22-23,26-29H,9-10H2/t16-,22+/m1/s1. The van der Waals surface area contributed by atoms with Gasteiger partial charge in [-0.15, -0.1) is 9.81 Å². The molecule has 3 aromatic rings. The molecule has 1 heterocycles. The molecule has 0 unspecified atom stereocenters. The van der Waals surface area contributed by atoms with Gasteiger partial charge in [-0.2, -0.15) is 0 Å². The number of phenols is 4. The van der Waals surface area contributed by atoms with Gasteiger partial charge in [-0.05, 0) is 52.2 Å². The predicted molar refractivity (Wildman–Crippen MR) is 115 cm³/mol. The maximum atomic E-state index is 10.9. The predicted octanol–water partition coefficient (Wildman–Crippen LogP) is 4.14. The second-order valence-corrected chi connectivity index (χ2v) is 7.43. The topological polar surface area (TPSA) is 161 Å². The molecule has 10 heteroatoms. The molecule has 0 saturated heterocycles. The number of hydrogen-bond acceptors (Lipinski definition) is 10. The summed E-state index contributed by atoms with van der Waals surface area (Å²) in [6, 6.07) is 11.0. The van der Waals surface area contributed by atoms with E-state index in [2.05, 4.69) is 15.7 Å². The molecule has 0 amide bonds. The summed E-state index contributed by atoms with van der Waals surface area (Å²) >= 11 is 0. The van der Waals surface area contributed by atoms with E-state index in [4.69, 9.17) is 4.74 Å². The summed E-state index contributed by atoms with van der Waals surface area (Å²) in [5.74, 6) is -0.678. The van der Waals surface area contributed by atoms with Gasteiger partial charge in [0.1, 0.15) is 34.7 Å². The van der Waals surface area contributed by atoms with Crippen molar-refractivity contribution in [3.05, 3.63) is 75.0 Å². The van der Waals surface area contributed by atoms with Gasteiger partial charge in [0, 0.05) is 24.2 Å². The van der Waals surface area contributed by atoms with Gasteiger partial charge in [0.15, 0.2) is 11.5 Å². The lowest BCUT2D eigenvalue weighted by atomic mass is 9.91. The molecule has 4 rings (SSSR count). The van der Waals surface area contributed by atoms with E-state index in [1.54, 1.807) is 12.1 Å². The van der Waals surface area contributed by atoms with Crippen LogP contribution in [0.4, 0.5) is 11.4 Å². The second-order valence-electron chi connectivity index (χ2n) is 7.43. The van der Waals surface area contributed by atoms with Crippen LogP contribution in [0.2, 0.25) is 0 Å². The third-order valence-corrected chi connectivity index (χ3v) is 5.35. The molecule has 0 bridgehead atoms. The van der Waals surface area contributed by atoms with E-state index in [0.29, 0.717) is 23.1 Å². The van der Waals surface area contributed by atoms with Crippen LogP contribution in [0.3, 0.4) is 0 Å². The van der Waals surface area contributed by atoms with Crippen LogP contribution in [0.1, 0.15) is 22.8 Å². The van der Waals surface area contributed by atoms with Gasteiger partial charge in [-0.25, -0.2) is 0 Å². The minimum absolute atomic E-state index is 0.0133. The maximum absolute atomic E-state index is 10.9. The number of nitroso groups, excluding NO2 is 2. The number of phenolic OH excluding ortho intramolecular Hbond substituents is 4. The molecule has 1 aliphatic rings. The van der Waals surface area contributed by atoms with Crippen LogP contribution in [-0.4, -0.2) is 26.5 Å². The zero-order chi connectivity index (χ0) is 22.8. The largest absolute Gasteiger partial charge is 0.507 e. The Morgan fingerprint density at radius 1 is 0.875 bits per heavy atom. The molecule has 3 aromatic carbocycles. The Morgan fingerprint density at radius 2 is 1.69 bits per heavy atom. The van der Waals surface area contributed by atoms with Crippen molar-refractivity contribution < 1.29 is 25.2 Å². The van der Waals surface area contributed by atoms with Gasteiger partial charge in [0.05, 0.1) is 6.04 Å². The zero-order valence-corrected chi connectivity index (χ0v) is 16.6. The fraction of sp³-hybridized carbons (Fsp3) is 0.182. The SMILES string of the molecule is O=Nc1cc(O)c2c(c1)O[C@@H](c1ccc(O)c(O)c1)[C@H](NCc1ccc(N=O)c(O)c1)C2. The van der Waals surface area contributed by atoms with E-state index in [1.165, 1.54) is 36.4 Å². The van der Waals surface area contributed by atoms with Crippen molar-refractivity contribution in [2.24, 2.45) is 10.4 Å². The number of aromatic hydroxyl groups is 4. The Morgan fingerprint density at radius 3 is 2.38 bits per heavy atom. The van der Waals surface area contributed by atoms with Crippen LogP contribution in [0, 0.1) is 9.81 Å². The highest BCUT2D eigenvalue weighted by atomic mass is 16.5. The highest BCUT2D eigenvalue weighted by Crippen LogP contribution is 2.43. The van der Waals surface area contributed by atoms with Gasteiger partial charge in [-0.3, -0.25) is 0 Å². The molecule has 32 heavy (non-hydrogen) atoms. The van der Waals surface area contributed by atoms with Crippen LogP contribution in [0.15, 0.2) is 58.9 Å². The number of nitrogens with one attached hydrogen (secondary N) is 1. The Hall–Kier alpha value is -4.18. The molecular formula is C22H19N3O7. The van der Waals surface area contributed by atoms with E-state index in [-0.39, 0.29) is 46.7 Å². The fourth-order valence-corrected chi connectivity index (χ4v) is 3.73. The molecule has 1 aliphatic heterocycles. The summed E-state index contributed by atoms with van der Waals surface area (Å²) in [7, 11) is 0. The van der Waals surface area contributed by atoms with Crippen molar-refractivity contribution >= 4 is 11.4 Å². The summed E-state index contributed by atoms with van der Waals surface area (Å²) in [5, 5.41) is 48.7. The van der Waals surface area contributed by atoms with E-state index < -0.39 is 12.1 Å². The Bertz CT molecular complexity index is 1200. The van der Waals surface area contributed by atoms with Crippen molar-refractivity contribution in [2.75, 3.05) is 0 Å². The van der Waals surface area contributed by atoms with Crippen LogP contribution in [0.25, 0.3) is 0 Å². The van der Waals surface area contributed by atoms with Gasteiger partial charge >= 0.3 is 0 Å². The molecule has 0 radical (unpaired) electrons. The Kier molecular flexibility index (Phi) is 5.61. The average Bonchev–Trinajstić information content (AvgIpc) is 2.79. The number of nitrogens with zero attached hydrogens (tertiary/aromatic N) is 2. The van der Waals surface area contributed by atoms with Gasteiger partial charge < -0.3 is 30.5 Å². The monoisotopic (exact) mass is 437 g/mol. The third-order valence-electron chi connectivity index (χ3n) is 5.35. The van der Waals surface area contributed by atoms with Crippen molar-refractivity contribution in [1.29, 1.82) is 0 Å². The quantitative estimate of drug-likeness (QED) is 0.284.